The quantitative estimate of drug-likeness (QED) is 0.759. The van der Waals surface area contributed by atoms with Gasteiger partial charge in [-0.25, -0.2) is 4.39 Å². The highest BCUT2D eigenvalue weighted by Crippen LogP contribution is 2.19. The first-order valence-corrected chi connectivity index (χ1v) is 4.75. The lowest BCUT2D eigenvalue weighted by Crippen LogP contribution is -2.11. The topological polar surface area (TPSA) is 26.0 Å². The van der Waals surface area contributed by atoms with Gasteiger partial charge in [0, 0.05) is 11.6 Å². The van der Waals surface area contributed by atoms with Crippen LogP contribution in [0.15, 0.2) is 24.3 Å². The molecule has 0 aliphatic rings. The Hall–Kier alpha value is -0.890. The molecule has 0 fully saturated rings. The molecular weight excluding hydrogens is 165 g/mol. The lowest BCUT2D eigenvalue weighted by atomic mass is 10.0. The molecule has 1 aromatic carbocycles. The molecule has 0 spiro atoms. The summed E-state index contributed by atoms with van der Waals surface area (Å²) in [6.07, 6.45) is 3.01. The average molecular weight is 181 g/mol. The Morgan fingerprint density at radius 1 is 1.38 bits per heavy atom. The molecule has 0 aliphatic carbocycles. The molecule has 1 rings (SSSR count). The third-order valence-corrected chi connectivity index (χ3v) is 2.17. The monoisotopic (exact) mass is 181 g/mol. The van der Waals surface area contributed by atoms with Crippen LogP contribution in [-0.2, 0) is 0 Å². The zero-order valence-electron chi connectivity index (χ0n) is 7.96. The van der Waals surface area contributed by atoms with Crippen molar-refractivity contribution in [3.63, 3.8) is 0 Å². The second-order valence-electron chi connectivity index (χ2n) is 3.27. The molecular formula is C11H16FN. The van der Waals surface area contributed by atoms with Gasteiger partial charge in [0.2, 0.25) is 0 Å². The minimum Gasteiger partial charge on any atom is -0.324 e. The van der Waals surface area contributed by atoms with Crippen molar-refractivity contribution in [1.29, 1.82) is 0 Å². The SMILES string of the molecule is CCCC[C@H](N)c1ccccc1F. The second-order valence-corrected chi connectivity index (χ2v) is 3.27. The third kappa shape index (κ3) is 2.81. The van der Waals surface area contributed by atoms with Crippen LogP contribution in [0.3, 0.4) is 0 Å². The van der Waals surface area contributed by atoms with Crippen LogP contribution in [0.1, 0.15) is 37.8 Å². The van der Waals surface area contributed by atoms with Gasteiger partial charge < -0.3 is 5.73 Å². The van der Waals surface area contributed by atoms with Gasteiger partial charge in [-0.05, 0) is 12.5 Å². The molecule has 0 saturated heterocycles. The van der Waals surface area contributed by atoms with Gasteiger partial charge in [0.25, 0.3) is 0 Å². The molecule has 1 atom stereocenters. The van der Waals surface area contributed by atoms with Crippen LogP contribution in [0.5, 0.6) is 0 Å². The van der Waals surface area contributed by atoms with Gasteiger partial charge in [0.05, 0.1) is 0 Å². The summed E-state index contributed by atoms with van der Waals surface area (Å²) >= 11 is 0. The van der Waals surface area contributed by atoms with Gasteiger partial charge in [0.1, 0.15) is 5.82 Å². The molecule has 0 radical (unpaired) electrons. The van der Waals surface area contributed by atoms with E-state index < -0.39 is 0 Å². The lowest BCUT2D eigenvalue weighted by molar-refractivity contribution is 0.548. The Labute approximate surface area is 78.8 Å². The number of hydrogen-bond acceptors (Lipinski definition) is 1. The van der Waals surface area contributed by atoms with E-state index in [1.807, 2.05) is 6.07 Å². The molecule has 2 heteroatoms. The summed E-state index contributed by atoms with van der Waals surface area (Å²) in [4.78, 5) is 0. The maximum Gasteiger partial charge on any atom is 0.127 e. The van der Waals surface area contributed by atoms with E-state index in [-0.39, 0.29) is 11.9 Å². The first-order chi connectivity index (χ1) is 6.25. The van der Waals surface area contributed by atoms with Crippen LogP contribution in [0.4, 0.5) is 4.39 Å². The first kappa shape index (κ1) is 10.2. The van der Waals surface area contributed by atoms with Gasteiger partial charge in [-0.2, -0.15) is 0 Å². The highest BCUT2D eigenvalue weighted by molar-refractivity contribution is 5.20. The molecule has 2 N–H and O–H groups in total. The van der Waals surface area contributed by atoms with Crippen molar-refractivity contribution < 1.29 is 4.39 Å². The number of hydrogen-bond donors (Lipinski definition) is 1. The molecule has 0 saturated carbocycles. The standard InChI is InChI=1S/C11H16FN/c1-2-3-8-11(13)9-6-4-5-7-10(9)12/h4-7,11H,2-3,8,13H2,1H3/t11-/m0/s1. The van der Waals surface area contributed by atoms with Crippen LogP contribution in [0.2, 0.25) is 0 Å². The van der Waals surface area contributed by atoms with Gasteiger partial charge in [0.15, 0.2) is 0 Å². The maximum atomic E-state index is 13.2. The fourth-order valence-corrected chi connectivity index (χ4v) is 1.36. The smallest absolute Gasteiger partial charge is 0.127 e. The number of benzene rings is 1. The zero-order chi connectivity index (χ0) is 9.68. The Kier molecular flexibility index (Phi) is 3.90. The fourth-order valence-electron chi connectivity index (χ4n) is 1.36. The molecule has 1 aromatic rings. The number of rotatable bonds is 4. The number of halogens is 1. The molecule has 0 amide bonds. The molecule has 0 bridgehead atoms. The summed E-state index contributed by atoms with van der Waals surface area (Å²) in [5.41, 5.74) is 6.48. The van der Waals surface area contributed by atoms with Crippen molar-refractivity contribution >= 4 is 0 Å². The van der Waals surface area contributed by atoms with E-state index in [9.17, 15) is 4.39 Å². The van der Waals surface area contributed by atoms with Crippen molar-refractivity contribution in [2.75, 3.05) is 0 Å². The maximum absolute atomic E-state index is 13.2. The molecule has 1 nitrogen and oxygen atoms in total. The van der Waals surface area contributed by atoms with E-state index in [0.29, 0.717) is 5.56 Å². The van der Waals surface area contributed by atoms with Crippen LogP contribution >= 0.6 is 0 Å². The summed E-state index contributed by atoms with van der Waals surface area (Å²) in [5, 5.41) is 0. The van der Waals surface area contributed by atoms with Crippen molar-refractivity contribution in [3.05, 3.63) is 35.6 Å². The van der Waals surface area contributed by atoms with E-state index in [0.717, 1.165) is 19.3 Å². The average Bonchev–Trinajstić information content (AvgIpc) is 2.15. The minimum atomic E-state index is -0.189. The van der Waals surface area contributed by atoms with Gasteiger partial charge in [-0.1, -0.05) is 38.0 Å². The zero-order valence-corrected chi connectivity index (χ0v) is 7.96. The van der Waals surface area contributed by atoms with Gasteiger partial charge in [-0.15, -0.1) is 0 Å². The third-order valence-electron chi connectivity index (χ3n) is 2.17. The molecule has 13 heavy (non-hydrogen) atoms. The molecule has 0 unspecified atom stereocenters. The van der Waals surface area contributed by atoms with Crippen molar-refractivity contribution in [3.8, 4) is 0 Å². The summed E-state index contributed by atoms with van der Waals surface area (Å²) in [6, 6.07) is 6.58. The fraction of sp³-hybridized carbons (Fsp3) is 0.455. The summed E-state index contributed by atoms with van der Waals surface area (Å²) in [6.45, 7) is 2.11. The summed E-state index contributed by atoms with van der Waals surface area (Å²) < 4.78 is 13.2. The Balaban J connectivity index is 2.65. The van der Waals surface area contributed by atoms with E-state index >= 15 is 0 Å². The highest BCUT2D eigenvalue weighted by atomic mass is 19.1. The van der Waals surface area contributed by atoms with Crippen molar-refractivity contribution in [1.82, 2.24) is 0 Å². The lowest BCUT2D eigenvalue weighted by Gasteiger charge is -2.11. The van der Waals surface area contributed by atoms with Gasteiger partial charge in [-0.3, -0.25) is 0 Å². The van der Waals surface area contributed by atoms with E-state index in [2.05, 4.69) is 6.92 Å². The molecule has 0 aromatic heterocycles. The largest absolute Gasteiger partial charge is 0.324 e. The second kappa shape index (κ2) is 4.97. The molecule has 0 heterocycles. The Bertz CT molecular complexity index is 260. The van der Waals surface area contributed by atoms with Crippen LogP contribution in [0, 0.1) is 5.82 Å². The molecule has 0 aliphatic heterocycles. The molecule has 72 valence electrons. The summed E-state index contributed by atoms with van der Waals surface area (Å²) in [5.74, 6) is -0.189. The summed E-state index contributed by atoms with van der Waals surface area (Å²) in [7, 11) is 0. The van der Waals surface area contributed by atoms with Crippen LogP contribution < -0.4 is 5.73 Å². The minimum absolute atomic E-state index is 0.152. The predicted octanol–water partition coefficient (Wildman–Crippen LogP) is 3.02. The first-order valence-electron chi connectivity index (χ1n) is 4.75. The van der Waals surface area contributed by atoms with Crippen LogP contribution in [0.25, 0.3) is 0 Å². The number of nitrogens with two attached hydrogens (primary N) is 1. The highest BCUT2D eigenvalue weighted by Gasteiger charge is 2.09. The van der Waals surface area contributed by atoms with E-state index in [1.54, 1.807) is 12.1 Å². The van der Waals surface area contributed by atoms with Gasteiger partial charge >= 0.3 is 0 Å². The predicted molar refractivity (Wildman–Crippen MR) is 52.9 cm³/mol. The van der Waals surface area contributed by atoms with Crippen molar-refractivity contribution in [2.45, 2.75) is 32.2 Å². The number of unbranched alkanes of at least 4 members (excludes halogenated alkanes) is 1. The van der Waals surface area contributed by atoms with Crippen molar-refractivity contribution in [2.24, 2.45) is 5.73 Å². The van der Waals surface area contributed by atoms with E-state index in [4.69, 9.17) is 5.73 Å². The Morgan fingerprint density at radius 2 is 2.08 bits per heavy atom. The Morgan fingerprint density at radius 3 is 2.69 bits per heavy atom. The normalized spacial score (nSPS) is 12.8. The van der Waals surface area contributed by atoms with E-state index in [1.165, 1.54) is 6.07 Å². The van der Waals surface area contributed by atoms with Crippen LogP contribution in [-0.4, -0.2) is 0 Å².